The lowest BCUT2D eigenvalue weighted by Crippen LogP contribution is -2.49. The van der Waals surface area contributed by atoms with E-state index in [1.54, 1.807) is 7.11 Å². The molecule has 3 aliphatic rings. The van der Waals surface area contributed by atoms with Crippen molar-refractivity contribution in [2.75, 3.05) is 53.0 Å². The van der Waals surface area contributed by atoms with E-state index in [0.29, 0.717) is 18.4 Å². The fraction of sp³-hybridized carbons (Fsp3) is 0.526. The molecule has 1 N–H and O–H groups in total. The average molecular weight is 343 g/mol. The number of carbonyl (C=O) groups is 1. The lowest BCUT2D eigenvalue weighted by Gasteiger charge is -2.32. The Morgan fingerprint density at radius 2 is 2.12 bits per heavy atom. The van der Waals surface area contributed by atoms with Gasteiger partial charge in [0.1, 0.15) is 6.61 Å². The summed E-state index contributed by atoms with van der Waals surface area (Å²) in [7, 11) is 1.63. The van der Waals surface area contributed by atoms with Crippen molar-refractivity contribution < 1.29 is 14.3 Å². The molecule has 2 fully saturated rings. The highest BCUT2D eigenvalue weighted by Gasteiger charge is 2.33. The van der Waals surface area contributed by atoms with Crippen LogP contribution in [0.4, 0.5) is 0 Å². The van der Waals surface area contributed by atoms with Gasteiger partial charge in [0.05, 0.1) is 12.7 Å². The van der Waals surface area contributed by atoms with Gasteiger partial charge in [0.25, 0.3) is 5.91 Å². The van der Waals surface area contributed by atoms with Crippen LogP contribution >= 0.6 is 0 Å². The van der Waals surface area contributed by atoms with Crippen molar-refractivity contribution in [3.05, 3.63) is 29.3 Å². The number of hydrogen-bond acceptors (Lipinski definition) is 5. The van der Waals surface area contributed by atoms with Gasteiger partial charge in [-0.3, -0.25) is 9.69 Å². The lowest BCUT2D eigenvalue weighted by atomic mass is 10.1. The summed E-state index contributed by atoms with van der Waals surface area (Å²) >= 11 is 0. The molecule has 2 saturated heterocycles. The molecule has 1 aromatic carbocycles. The molecule has 0 aromatic heterocycles. The van der Waals surface area contributed by atoms with Crippen molar-refractivity contribution in [1.82, 2.24) is 15.1 Å². The molecule has 1 amide bonds. The molecule has 0 saturated carbocycles. The van der Waals surface area contributed by atoms with Gasteiger partial charge in [-0.05, 0) is 18.6 Å². The monoisotopic (exact) mass is 343 g/mol. The second kappa shape index (κ2) is 7.06. The first-order chi connectivity index (χ1) is 12.3. The van der Waals surface area contributed by atoms with E-state index in [1.807, 2.05) is 29.2 Å². The van der Waals surface area contributed by atoms with E-state index in [-0.39, 0.29) is 5.91 Å². The standard InChI is InChI=1S/C19H25N3O3/c1-24-17-4-2-3-14-11-15(13-25-18(14)17)19(23)22-8-5-16(12-22)21-9-6-20-7-10-21/h2-4,11,16,20H,5-10,12-13H2,1H3. The molecule has 1 aromatic rings. The Morgan fingerprint density at radius 1 is 1.28 bits per heavy atom. The van der Waals surface area contributed by atoms with Gasteiger partial charge in [0.2, 0.25) is 0 Å². The van der Waals surface area contributed by atoms with E-state index >= 15 is 0 Å². The quantitative estimate of drug-likeness (QED) is 0.887. The normalized spacial score (nSPS) is 23.6. The SMILES string of the molecule is COc1cccc2c1OCC(C(=O)N1CCC(N3CCNCC3)C1)=C2. The molecule has 134 valence electrons. The topological polar surface area (TPSA) is 54.0 Å². The highest BCUT2D eigenvalue weighted by Crippen LogP contribution is 2.36. The minimum Gasteiger partial charge on any atom is -0.493 e. The zero-order valence-corrected chi connectivity index (χ0v) is 14.7. The number of amides is 1. The predicted octanol–water partition coefficient (Wildman–Crippen LogP) is 0.977. The van der Waals surface area contributed by atoms with Gasteiger partial charge >= 0.3 is 0 Å². The molecule has 1 unspecified atom stereocenters. The zero-order valence-electron chi connectivity index (χ0n) is 14.7. The molecule has 4 rings (SSSR count). The van der Waals surface area contributed by atoms with Crippen LogP contribution in [0.3, 0.4) is 0 Å². The Morgan fingerprint density at radius 3 is 2.92 bits per heavy atom. The second-order valence-electron chi connectivity index (χ2n) is 6.82. The average Bonchev–Trinajstić information content (AvgIpc) is 3.17. The van der Waals surface area contributed by atoms with E-state index in [2.05, 4.69) is 10.2 Å². The van der Waals surface area contributed by atoms with Gasteiger partial charge in [-0.2, -0.15) is 0 Å². The molecule has 0 aliphatic carbocycles. The first-order valence-corrected chi connectivity index (χ1v) is 9.00. The van der Waals surface area contributed by atoms with Crippen molar-refractivity contribution in [2.24, 2.45) is 0 Å². The van der Waals surface area contributed by atoms with Crippen LogP contribution in [0.15, 0.2) is 23.8 Å². The first kappa shape index (κ1) is 16.4. The third-order valence-electron chi connectivity index (χ3n) is 5.32. The number of para-hydroxylation sites is 1. The van der Waals surface area contributed by atoms with Crippen LogP contribution in [-0.4, -0.2) is 74.7 Å². The van der Waals surface area contributed by atoms with E-state index in [0.717, 1.165) is 62.6 Å². The number of methoxy groups -OCH3 is 1. The Labute approximate surface area is 148 Å². The largest absolute Gasteiger partial charge is 0.493 e. The minimum atomic E-state index is 0.103. The van der Waals surface area contributed by atoms with Crippen LogP contribution in [0.2, 0.25) is 0 Å². The fourth-order valence-electron chi connectivity index (χ4n) is 3.94. The maximum absolute atomic E-state index is 12.9. The summed E-state index contributed by atoms with van der Waals surface area (Å²) in [4.78, 5) is 17.4. The summed E-state index contributed by atoms with van der Waals surface area (Å²) in [6.45, 7) is 6.19. The van der Waals surface area contributed by atoms with Gasteiger partial charge in [-0.15, -0.1) is 0 Å². The number of likely N-dealkylation sites (tertiary alicyclic amines) is 1. The molecule has 0 radical (unpaired) electrons. The van der Waals surface area contributed by atoms with Crippen molar-refractivity contribution in [3.8, 4) is 11.5 Å². The van der Waals surface area contributed by atoms with E-state index in [1.165, 1.54) is 0 Å². The van der Waals surface area contributed by atoms with Gasteiger partial charge in [-0.25, -0.2) is 0 Å². The highest BCUT2D eigenvalue weighted by atomic mass is 16.5. The zero-order chi connectivity index (χ0) is 17.2. The summed E-state index contributed by atoms with van der Waals surface area (Å²) in [6.07, 6.45) is 3.01. The number of carbonyl (C=O) groups excluding carboxylic acids is 1. The van der Waals surface area contributed by atoms with E-state index in [9.17, 15) is 4.79 Å². The Hall–Kier alpha value is -2.05. The summed E-state index contributed by atoms with van der Waals surface area (Å²) in [5.41, 5.74) is 1.63. The Balaban J connectivity index is 1.45. The highest BCUT2D eigenvalue weighted by molar-refractivity contribution is 5.99. The number of rotatable bonds is 3. The number of hydrogen-bond donors (Lipinski definition) is 1. The van der Waals surface area contributed by atoms with Gasteiger partial charge < -0.3 is 19.7 Å². The molecular weight excluding hydrogens is 318 g/mol. The van der Waals surface area contributed by atoms with Crippen molar-refractivity contribution in [1.29, 1.82) is 0 Å². The molecular formula is C19H25N3O3. The van der Waals surface area contributed by atoms with Crippen LogP contribution in [0.5, 0.6) is 11.5 Å². The Kier molecular flexibility index (Phi) is 4.63. The van der Waals surface area contributed by atoms with Crippen LogP contribution in [0, 0.1) is 0 Å². The number of nitrogens with zero attached hydrogens (tertiary/aromatic N) is 2. The van der Waals surface area contributed by atoms with Gasteiger partial charge in [0.15, 0.2) is 11.5 Å². The van der Waals surface area contributed by atoms with E-state index < -0.39 is 0 Å². The van der Waals surface area contributed by atoms with Gasteiger partial charge in [-0.1, -0.05) is 12.1 Å². The summed E-state index contributed by atoms with van der Waals surface area (Å²) in [5.74, 6) is 1.54. The number of piperazine rings is 1. The first-order valence-electron chi connectivity index (χ1n) is 9.00. The van der Waals surface area contributed by atoms with Crippen LogP contribution in [0.25, 0.3) is 6.08 Å². The van der Waals surface area contributed by atoms with E-state index in [4.69, 9.17) is 9.47 Å². The maximum Gasteiger partial charge on any atom is 0.253 e. The maximum atomic E-state index is 12.9. The fourth-order valence-corrected chi connectivity index (χ4v) is 3.94. The Bertz CT molecular complexity index is 682. The smallest absolute Gasteiger partial charge is 0.253 e. The van der Waals surface area contributed by atoms with Crippen LogP contribution in [-0.2, 0) is 4.79 Å². The molecule has 1 atom stereocenters. The predicted molar refractivity (Wildman–Crippen MR) is 95.9 cm³/mol. The second-order valence-corrected chi connectivity index (χ2v) is 6.82. The lowest BCUT2D eigenvalue weighted by molar-refractivity contribution is -0.126. The number of nitrogens with one attached hydrogen (secondary N) is 1. The molecule has 6 nitrogen and oxygen atoms in total. The number of fused-ring (bicyclic) bond motifs is 1. The van der Waals surface area contributed by atoms with Crippen molar-refractivity contribution >= 4 is 12.0 Å². The summed E-state index contributed by atoms with van der Waals surface area (Å²) in [5, 5.41) is 3.38. The van der Waals surface area contributed by atoms with Gasteiger partial charge in [0, 0.05) is 50.9 Å². The molecule has 6 heteroatoms. The molecule has 25 heavy (non-hydrogen) atoms. The molecule has 0 bridgehead atoms. The number of ether oxygens (including phenoxy) is 2. The van der Waals surface area contributed by atoms with Crippen LogP contribution < -0.4 is 14.8 Å². The number of benzene rings is 1. The molecule has 0 spiro atoms. The summed E-state index contributed by atoms with van der Waals surface area (Å²) < 4.78 is 11.2. The van der Waals surface area contributed by atoms with Crippen molar-refractivity contribution in [3.63, 3.8) is 0 Å². The molecule has 3 heterocycles. The third-order valence-corrected chi connectivity index (χ3v) is 5.32. The van der Waals surface area contributed by atoms with Crippen LogP contribution in [0.1, 0.15) is 12.0 Å². The van der Waals surface area contributed by atoms with Crippen molar-refractivity contribution in [2.45, 2.75) is 12.5 Å². The molecule has 3 aliphatic heterocycles. The minimum absolute atomic E-state index is 0.103. The summed E-state index contributed by atoms with van der Waals surface area (Å²) in [6, 6.07) is 6.24. The third kappa shape index (κ3) is 3.24.